The van der Waals surface area contributed by atoms with Gasteiger partial charge in [-0.15, -0.1) is 0 Å². The van der Waals surface area contributed by atoms with E-state index in [9.17, 15) is 0 Å². The Kier molecular flexibility index (Phi) is 5.37. The SMILES string of the molecule is C=N/C(OCC)=C(C#N)\C=C/C. The van der Waals surface area contributed by atoms with Crippen molar-refractivity contribution in [3.05, 3.63) is 23.6 Å². The summed E-state index contributed by atoms with van der Waals surface area (Å²) in [4.78, 5) is 3.60. The molecule has 0 N–H and O–H groups in total. The second-order valence-corrected chi connectivity index (χ2v) is 1.92. The summed E-state index contributed by atoms with van der Waals surface area (Å²) in [6, 6.07) is 1.97. The zero-order valence-electron chi connectivity index (χ0n) is 7.37. The van der Waals surface area contributed by atoms with Gasteiger partial charge in [0.1, 0.15) is 11.6 Å². The van der Waals surface area contributed by atoms with Gasteiger partial charge in [-0.25, -0.2) is 4.99 Å². The monoisotopic (exact) mass is 164 g/mol. The fourth-order valence-corrected chi connectivity index (χ4v) is 0.668. The maximum atomic E-state index is 8.66. The maximum Gasteiger partial charge on any atom is 0.231 e. The molecule has 0 saturated heterocycles. The van der Waals surface area contributed by atoms with Crippen LogP contribution in [0.25, 0.3) is 0 Å². The van der Waals surface area contributed by atoms with Crippen LogP contribution in [0, 0.1) is 11.3 Å². The lowest BCUT2D eigenvalue weighted by Crippen LogP contribution is -1.91. The number of aliphatic imine (C=N–C) groups is 1. The van der Waals surface area contributed by atoms with Crippen molar-refractivity contribution in [2.75, 3.05) is 6.61 Å². The molecular weight excluding hydrogens is 152 g/mol. The first-order valence-corrected chi connectivity index (χ1v) is 3.66. The Labute approximate surface area is 72.7 Å². The van der Waals surface area contributed by atoms with Crippen molar-refractivity contribution in [3.8, 4) is 6.07 Å². The van der Waals surface area contributed by atoms with E-state index in [2.05, 4.69) is 11.7 Å². The van der Waals surface area contributed by atoms with Crippen LogP contribution >= 0.6 is 0 Å². The zero-order valence-corrected chi connectivity index (χ0v) is 7.37. The molecule has 0 aromatic carbocycles. The van der Waals surface area contributed by atoms with Gasteiger partial charge < -0.3 is 4.74 Å². The van der Waals surface area contributed by atoms with E-state index >= 15 is 0 Å². The van der Waals surface area contributed by atoms with Gasteiger partial charge in [0.15, 0.2) is 0 Å². The molecule has 0 amide bonds. The fraction of sp³-hybridized carbons (Fsp3) is 0.333. The number of hydrogen-bond donors (Lipinski definition) is 0. The molecule has 0 bridgehead atoms. The Balaban J connectivity index is 4.76. The Morgan fingerprint density at radius 2 is 2.42 bits per heavy atom. The highest BCUT2D eigenvalue weighted by atomic mass is 16.5. The Bertz CT molecular complexity index is 246. The molecule has 0 aliphatic rings. The second kappa shape index (κ2) is 6.17. The predicted molar refractivity (Wildman–Crippen MR) is 48.6 cm³/mol. The molecule has 0 saturated carbocycles. The molecule has 0 fully saturated rings. The normalized spacial score (nSPS) is 12.1. The van der Waals surface area contributed by atoms with Crippen LogP contribution in [0.15, 0.2) is 28.6 Å². The summed E-state index contributed by atoms with van der Waals surface area (Å²) in [7, 11) is 0. The maximum absolute atomic E-state index is 8.66. The molecule has 64 valence electrons. The second-order valence-electron chi connectivity index (χ2n) is 1.92. The molecule has 12 heavy (non-hydrogen) atoms. The highest BCUT2D eigenvalue weighted by molar-refractivity contribution is 5.39. The molecular formula is C9H12N2O. The van der Waals surface area contributed by atoms with E-state index in [1.54, 1.807) is 12.2 Å². The largest absolute Gasteiger partial charge is 0.477 e. The molecule has 0 unspecified atom stereocenters. The minimum Gasteiger partial charge on any atom is -0.477 e. The molecule has 0 aromatic heterocycles. The number of rotatable bonds is 4. The van der Waals surface area contributed by atoms with E-state index in [1.807, 2.05) is 19.9 Å². The summed E-state index contributed by atoms with van der Waals surface area (Å²) >= 11 is 0. The minimum atomic E-state index is 0.290. The van der Waals surface area contributed by atoms with E-state index in [4.69, 9.17) is 10.00 Å². The van der Waals surface area contributed by atoms with E-state index in [1.165, 1.54) is 0 Å². The Morgan fingerprint density at radius 3 is 2.75 bits per heavy atom. The number of nitrogens with zero attached hydrogens (tertiary/aromatic N) is 2. The summed E-state index contributed by atoms with van der Waals surface area (Å²) in [5.41, 5.74) is 0.398. The van der Waals surface area contributed by atoms with Crippen LogP contribution in [0.2, 0.25) is 0 Å². The molecule has 0 aromatic rings. The third-order valence-electron chi connectivity index (χ3n) is 1.11. The van der Waals surface area contributed by atoms with Crippen molar-refractivity contribution in [3.63, 3.8) is 0 Å². The van der Waals surface area contributed by atoms with E-state index < -0.39 is 0 Å². The molecule has 0 aliphatic heterocycles. The van der Waals surface area contributed by atoms with Crippen molar-refractivity contribution in [1.29, 1.82) is 5.26 Å². The van der Waals surface area contributed by atoms with Crippen LogP contribution < -0.4 is 0 Å². The summed E-state index contributed by atoms with van der Waals surface area (Å²) < 4.78 is 5.07. The van der Waals surface area contributed by atoms with Gasteiger partial charge in [-0.3, -0.25) is 0 Å². The van der Waals surface area contributed by atoms with Crippen LogP contribution in [0.1, 0.15) is 13.8 Å². The van der Waals surface area contributed by atoms with E-state index in [0.717, 1.165) is 0 Å². The first-order valence-electron chi connectivity index (χ1n) is 3.66. The van der Waals surface area contributed by atoms with Gasteiger partial charge in [-0.2, -0.15) is 5.26 Å². The number of ether oxygens (including phenoxy) is 1. The predicted octanol–water partition coefficient (Wildman–Crippen LogP) is 2.03. The number of hydrogen-bond acceptors (Lipinski definition) is 3. The van der Waals surface area contributed by atoms with Crippen molar-refractivity contribution in [2.24, 2.45) is 4.99 Å². The molecule has 0 aliphatic carbocycles. The van der Waals surface area contributed by atoms with Crippen LogP contribution in [0.4, 0.5) is 0 Å². The fourth-order valence-electron chi connectivity index (χ4n) is 0.668. The molecule has 0 radical (unpaired) electrons. The van der Waals surface area contributed by atoms with E-state index in [0.29, 0.717) is 12.2 Å². The molecule has 0 rings (SSSR count). The Morgan fingerprint density at radius 1 is 1.75 bits per heavy atom. The van der Waals surface area contributed by atoms with Crippen molar-refractivity contribution >= 4 is 6.72 Å². The summed E-state index contributed by atoms with van der Waals surface area (Å²) in [5.74, 6) is 0.290. The van der Waals surface area contributed by atoms with Crippen molar-refractivity contribution < 1.29 is 4.74 Å². The summed E-state index contributed by atoms with van der Waals surface area (Å²) in [5, 5.41) is 8.66. The molecule has 0 atom stereocenters. The van der Waals surface area contributed by atoms with Gasteiger partial charge in [0.05, 0.1) is 6.61 Å². The molecule has 0 heterocycles. The molecule has 3 heteroatoms. The van der Waals surface area contributed by atoms with Gasteiger partial charge in [-0.05, 0) is 26.6 Å². The summed E-state index contributed by atoms with van der Waals surface area (Å²) in [6.45, 7) is 7.45. The smallest absolute Gasteiger partial charge is 0.231 e. The topological polar surface area (TPSA) is 45.4 Å². The quantitative estimate of drug-likeness (QED) is 0.276. The van der Waals surface area contributed by atoms with Crippen molar-refractivity contribution in [1.82, 2.24) is 0 Å². The lowest BCUT2D eigenvalue weighted by molar-refractivity contribution is 0.226. The van der Waals surface area contributed by atoms with Gasteiger partial charge in [-0.1, -0.05) is 6.08 Å². The average molecular weight is 164 g/mol. The number of nitriles is 1. The third kappa shape index (κ3) is 3.02. The van der Waals surface area contributed by atoms with Crippen LogP contribution in [0.3, 0.4) is 0 Å². The lowest BCUT2D eigenvalue weighted by atomic mass is 10.3. The minimum absolute atomic E-state index is 0.290. The highest BCUT2D eigenvalue weighted by Gasteiger charge is 2.00. The lowest BCUT2D eigenvalue weighted by Gasteiger charge is -2.01. The van der Waals surface area contributed by atoms with Gasteiger partial charge >= 0.3 is 0 Å². The number of allylic oxidation sites excluding steroid dienone is 3. The van der Waals surface area contributed by atoms with Crippen LogP contribution in [-0.4, -0.2) is 13.3 Å². The first kappa shape index (κ1) is 10.4. The van der Waals surface area contributed by atoms with Gasteiger partial charge in [0.2, 0.25) is 5.88 Å². The highest BCUT2D eigenvalue weighted by Crippen LogP contribution is 2.07. The Hall–Kier alpha value is -1.56. The van der Waals surface area contributed by atoms with Crippen molar-refractivity contribution in [2.45, 2.75) is 13.8 Å². The molecule has 3 nitrogen and oxygen atoms in total. The van der Waals surface area contributed by atoms with Gasteiger partial charge in [0, 0.05) is 0 Å². The average Bonchev–Trinajstić information content (AvgIpc) is 2.11. The van der Waals surface area contributed by atoms with E-state index in [-0.39, 0.29) is 5.88 Å². The third-order valence-corrected chi connectivity index (χ3v) is 1.11. The van der Waals surface area contributed by atoms with Crippen LogP contribution in [0.5, 0.6) is 0 Å². The molecule has 0 spiro atoms. The summed E-state index contributed by atoms with van der Waals surface area (Å²) in [6.07, 6.45) is 3.39. The first-order chi connectivity index (χ1) is 5.79. The van der Waals surface area contributed by atoms with Gasteiger partial charge in [0.25, 0.3) is 0 Å². The standard InChI is InChI=1S/C9H12N2O/c1-4-6-8(7-10)9(11-3)12-5-2/h4,6H,3,5H2,1-2H3/b6-4-,9-8-. The zero-order chi connectivity index (χ0) is 9.40. The van der Waals surface area contributed by atoms with Crippen LogP contribution in [-0.2, 0) is 4.74 Å².